The first-order chi connectivity index (χ1) is 9.08. The molecule has 0 saturated heterocycles. The minimum absolute atomic E-state index is 0.0235. The lowest BCUT2D eigenvalue weighted by Crippen LogP contribution is -2.26. The third-order valence-electron chi connectivity index (χ3n) is 3.09. The summed E-state index contributed by atoms with van der Waals surface area (Å²) >= 11 is 0. The van der Waals surface area contributed by atoms with Gasteiger partial charge in [0.05, 0.1) is 0 Å². The average molecular weight is 259 g/mol. The van der Waals surface area contributed by atoms with Crippen LogP contribution < -0.4 is 0 Å². The Hall–Kier alpha value is -2.10. The van der Waals surface area contributed by atoms with E-state index in [0.29, 0.717) is 11.3 Å². The van der Waals surface area contributed by atoms with E-state index in [-0.39, 0.29) is 11.7 Å². The van der Waals surface area contributed by atoms with Gasteiger partial charge in [-0.15, -0.1) is 0 Å². The molecule has 0 N–H and O–H groups in total. The SMILES string of the molecule is CC(=O)C1=CN(C(=O)OC2=CCCC=C2)C=CC1C. The summed E-state index contributed by atoms with van der Waals surface area (Å²) in [5.41, 5.74) is 0.604. The summed E-state index contributed by atoms with van der Waals surface area (Å²) in [5, 5.41) is 0. The standard InChI is InChI=1S/C15H17NO3/c1-11-8-9-16(10-14(11)12(2)17)15(18)19-13-6-4-3-5-7-13/h4,6-11H,3,5H2,1-2H3. The highest BCUT2D eigenvalue weighted by Gasteiger charge is 2.21. The van der Waals surface area contributed by atoms with Gasteiger partial charge in [0.25, 0.3) is 0 Å². The number of allylic oxidation sites excluding steroid dienone is 5. The fourth-order valence-electron chi connectivity index (χ4n) is 1.98. The number of carbonyl (C=O) groups excluding carboxylic acids is 2. The van der Waals surface area contributed by atoms with Gasteiger partial charge in [-0.05, 0) is 31.9 Å². The molecule has 1 aliphatic carbocycles. The molecule has 19 heavy (non-hydrogen) atoms. The van der Waals surface area contributed by atoms with Gasteiger partial charge in [0.1, 0.15) is 5.76 Å². The summed E-state index contributed by atoms with van der Waals surface area (Å²) in [6, 6.07) is 0. The van der Waals surface area contributed by atoms with Crippen LogP contribution in [-0.2, 0) is 9.53 Å². The van der Waals surface area contributed by atoms with Crippen molar-refractivity contribution >= 4 is 11.9 Å². The Balaban J connectivity index is 2.07. The van der Waals surface area contributed by atoms with Crippen molar-refractivity contribution in [1.29, 1.82) is 0 Å². The smallest absolute Gasteiger partial charge is 0.410 e. The molecule has 4 nitrogen and oxygen atoms in total. The van der Waals surface area contributed by atoms with Gasteiger partial charge in [0.15, 0.2) is 5.78 Å². The Labute approximate surface area is 112 Å². The Kier molecular flexibility index (Phi) is 4.00. The van der Waals surface area contributed by atoms with E-state index in [2.05, 4.69) is 0 Å². The number of rotatable bonds is 2. The minimum Gasteiger partial charge on any atom is -0.410 e. The molecule has 1 amide bonds. The normalized spacial score (nSPS) is 21.8. The second-order valence-corrected chi connectivity index (χ2v) is 4.63. The van der Waals surface area contributed by atoms with E-state index in [4.69, 9.17) is 4.74 Å². The van der Waals surface area contributed by atoms with Crippen molar-refractivity contribution in [3.8, 4) is 0 Å². The average Bonchev–Trinajstić information content (AvgIpc) is 2.40. The molecule has 0 aromatic heterocycles. The molecular formula is C15H17NO3. The quantitative estimate of drug-likeness (QED) is 0.764. The van der Waals surface area contributed by atoms with Gasteiger partial charge in [-0.2, -0.15) is 0 Å². The monoisotopic (exact) mass is 259 g/mol. The number of amides is 1. The van der Waals surface area contributed by atoms with Gasteiger partial charge in [0.2, 0.25) is 0 Å². The van der Waals surface area contributed by atoms with Crippen molar-refractivity contribution in [2.45, 2.75) is 26.7 Å². The predicted octanol–water partition coefficient (Wildman–Crippen LogP) is 3.30. The highest BCUT2D eigenvalue weighted by Crippen LogP contribution is 2.21. The van der Waals surface area contributed by atoms with E-state index in [0.717, 1.165) is 12.8 Å². The molecule has 0 saturated carbocycles. The topological polar surface area (TPSA) is 46.6 Å². The second-order valence-electron chi connectivity index (χ2n) is 4.63. The minimum atomic E-state index is -0.500. The summed E-state index contributed by atoms with van der Waals surface area (Å²) in [6.45, 7) is 3.41. The van der Waals surface area contributed by atoms with Crippen molar-refractivity contribution < 1.29 is 14.3 Å². The van der Waals surface area contributed by atoms with Crippen LogP contribution in [-0.4, -0.2) is 16.8 Å². The maximum Gasteiger partial charge on any atom is 0.423 e. The van der Waals surface area contributed by atoms with Crippen molar-refractivity contribution in [2.24, 2.45) is 5.92 Å². The molecule has 2 rings (SSSR count). The van der Waals surface area contributed by atoms with Gasteiger partial charge in [-0.3, -0.25) is 9.69 Å². The molecule has 0 aromatic rings. The molecule has 4 heteroatoms. The van der Waals surface area contributed by atoms with Crippen LogP contribution in [0, 0.1) is 5.92 Å². The van der Waals surface area contributed by atoms with Crippen molar-refractivity contribution in [3.05, 3.63) is 48.0 Å². The number of hydrogen-bond acceptors (Lipinski definition) is 3. The molecule has 100 valence electrons. The fourth-order valence-corrected chi connectivity index (χ4v) is 1.98. The summed E-state index contributed by atoms with van der Waals surface area (Å²) in [4.78, 5) is 24.7. The van der Waals surface area contributed by atoms with E-state index in [9.17, 15) is 9.59 Å². The van der Waals surface area contributed by atoms with Crippen LogP contribution in [0.15, 0.2) is 48.0 Å². The van der Waals surface area contributed by atoms with Gasteiger partial charge in [0, 0.05) is 23.9 Å². The first-order valence-electron chi connectivity index (χ1n) is 6.36. The Morgan fingerprint density at radius 2 is 2.16 bits per heavy atom. The van der Waals surface area contributed by atoms with Crippen molar-refractivity contribution in [3.63, 3.8) is 0 Å². The van der Waals surface area contributed by atoms with Crippen LogP contribution in [0.2, 0.25) is 0 Å². The van der Waals surface area contributed by atoms with Gasteiger partial charge in [-0.1, -0.05) is 19.1 Å². The number of ketones is 1. The van der Waals surface area contributed by atoms with E-state index in [1.165, 1.54) is 11.8 Å². The highest BCUT2D eigenvalue weighted by molar-refractivity contribution is 5.94. The van der Waals surface area contributed by atoms with Crippen LogP contribution in [0.1, 0.15) is 26.7 Å². The van der Waals surface area contributed by atoms with E-state index in [1.807, 2.05) is 25.2 Å². The molecule has 1 aliphatic heterocycles. The second kappa shape index (κ2) is 5.69. The Morgan fingerprint density at radius 3 is 2.79 bits per heavy atom. The van der Waals surface area contributed by atoms with Crippen LogP contribution in [0.3, 0.4) is 0 Å². The Morgan fingerprint density at radius 1 is 1.37 bits per heavy atom. The van der Waals surface area contributed by atoms with E-state index >= 15 is 0 Å². The molecule has 2 aliphatic rings. The summed E-state index contributed by atoms with van der Waals surface area (Å²) in [5.74, 6) is 0.544. The number of Topliss-reactive ketones (excluding diaryl/α,β-unsaturated/α-hetero) is 1. The zero-order valence-corrected chi connectivity index (χ0v) is 11.1. The van der Waals surface area contributed by atoms with Crippen LogP contribution in [0.25, 0.3) is 0 Å². The number of hydrogen-bond donors (Lipinski definition) is 0. The van der Waals surface area contributed by atoms with Crippen LogP contribution in [0.5, 0.6) is 0 Å². The number of ether oxygens (including phenoxy) is 1. The Bertz CT molecular complexity index is 511. The van der Waals surface area contributed by atoms with Crippen LogP contribution in [0.4, 0.5) is 4.79 Å². The molecule has 1 heterocycles. The molecule has 0 aromatic carbocycles. The van der Waals surface area contributed by atoms with E-state index < -0.39 is 6.09 Å². The zero-order chi connectivity index (χ0) is 13.8. The largest absolute Gasteiger partial charge is 0.423 e. The molecule has 1 unspecified atom stereocenters. The van der Waals surface area contributed by atoms with Gasteiger partial charge >= 0.3 is 6.09 Å². The molecule has 0 spiro atoms. The van der Waals surface area contributed by atoms with Gasteiger partial charge in [-0.25, -0.2) is 4.79 Å². The molecule has 0 bridgehead atoms. The van der Waals surface area contributed by atoms with Crippen LogP contribution >= 0.6 is 0 Å². The summed E-state index contributed by atoms with van der Waals surface area (Å²) < 4.78 is 5.25. The molecule has 0 radical (unpaired) electrons. The third kappa shape index (κ3) is 3.22. The maximum absolute atomic E-state index is 12.0. The molecule has 0 fully saturated rings. The lowest BCUT2D eigenvalue weighted by molar-refractivity contribution is -0.114. The zero-order valence-electron chi connectivity index (χ0n) is 11.1. The first kappa shape index (κ1) is 13.3. The fraction of sp³-hybridized carbons (Fsp3) is 0.333. The van der Waals surface area contributed by atoms with E-state index in [1.54, 1.807) is 18.5 Å². The molecular weight excluding hydrogens is 242 g/mol. The lowest BCUT2D eigenvalue weighted by atomic mass is 9.97. The lowest BCUT2D eigenvalue weighted by Gasteiger charge is -2.22. The van der Waals surface area contributed by atoms with Crippen molar-refractivity contribution in [2.75, 3.05) is 0 Å². The number of carbonyl (C=O) groups is 2. The third-order valence-corrected chi connectivity index (χ3v) is 3.09. The summed E-state index contributed by atoms with van der Waals surface area (Å²) in [7, 11) is 0. The first-order valence-corrected chi connectivity index (χ1v) is 6.36. The van der Waals surface area contributed by atoms with Gasteiger partial charge < -0.3 is 4.74 Å². The molecule has 1 atom stereocenters. The highest BCUT2D eigenvalue weighted by atomic mass is 16.6. The summed E-state index contributed by atoms with van der Waals surface area (Å²) in [6.07, 6.45) is 12.0. The number of nitrogens with zero attached hydrogens (tertiary/aromatic N) is 1. The maximum atomic E-state index is 12.0. The van der Waals surface area contributed by atoms with Crippen molar-refractivity contribution in [1.82, 2.24) is 4.90 Å². The predicted molar refractivity (Wildman–Crippen MR) is 71.8 cm³/mol.